The molecule has 8 aromatic carbocycles. The molecule has 0 aromatic heterocycles. The molecule has 354 valence electrons. The maximum Gasteiger partial charge on any atom is 0.0713 e. The Kier molecular flexibility index (Phi) is 9.79. The van der Waals surface area contributed by atoms with Gasteiger partial charge in [-0.1, -0.05) is 161 Å². The third-order valence-electron chi connectivity index (χ3n) is 19.8. The van der Waals surface area contributed by atoms with Crippen molar-refractivity contribution in [1.29, 1.82) is 0 Å². The Morgan fingerprint density at radius 3 is 1.10 bits per heavy atom. The summed E-state index contributed by atoms with van der Waals surface area (Å²) in [6, 6.07) is 65.4. The maximum atomic E-state index is 2.75. The van der Waals surface area contributed by atoms with Gasteiger partial charge in [-0.3, -0.25) is 0 Å². The number of para-hydroxylation sites is 2. The van der Waals surface area contributed by atoms with E-state index in [2.05, 4.69) is 235 Å². The van der Waals surface area contributed by atoms with E-state index in [1.54, 1.807) is 11.1 Å². The van der Waals surface area contributed by atoms with Crippen LogP contribution in [0, 0.1) is 27.7 Å². The van der Waals surface area contributed by atoms with Gasteiger partial charge in [0, 0.05) is 33.6 Å². The zero-order chi connectivity index (χ0) is 48.7. The van der Waals surface area contributed by atoms with Crippen LogP contribution in [0.3, 0.4) is 0 Å². The van der Waals surface area contributed by atoms with Gasteiger partial charge in [-0.2, -0.15) is 0 Å². The van der Waals surface area contributed by atoms with E-state index >= 15 is 0 Å². The standard InChI is InChI=1S/C69H68N2/c1-45-41-57(47(3)61-63(45)70(53-29-17-11-18-30-53)67(7)39-23-21-37-65(61,67)5)49-33-35-55-56-36-34-50(44-60(56)69(59(55)43-49,51-25-13-9-14-26-51)52-27-15-10-16-28-52)58-42-46(2)64-62(48(58)4)66(6)38-22-24-40-68(66,8)71(64)54-31-19-12-20-32-54/h9-20,25-36,41-44H,21-24,37-40H2,1-8H3. The van der Waals surface area contributed by atoms with Gasteiger partial charge in [0.15, 0.2) is 0 Å². The van der Waals surface area contributed by atoms with Gasteiger partial charge in [0.25, 0.3) is 0 Å². The molecular formula is C69H68N2. The van der Waals surface area contributed by atoms with Crippen LogP contribution in [0.5, 0.6) is 0 Å². The van der Waals surface area contributed by atoms with Crippen molar-refractivity contribution in [3.8, 4) is 33.4 Å². The van der Waals surface area contributed by atoms with E-state index in [1.807, 2.05) is 0 Å². The Morgan fingerprint density at radius 2 is 0.718 bits per heavy atom. The van der Waals surface area contributed by atoms with Crippen LogP contribution in [0.15, 0.2) is 170 Å². The minimum absolute atomic E-state index is 0.0130. The van der Waals surface area contributed by atoms with E-state index in [4.69, 9.17) is 0 Å². The molecule has 2 aliphatic heterocycles. The topological polar surface area (TPSA) is 6.48 Å². The van der Waals surface area contributed by atoms with Gasteiger partial charge >= 0.3 is 0 Å². The molecule has 0 amide bonds. The molecule has 8 aromatic rings. The van der Waals surface area contributed by atoms with Gasteiger partial charge in [-0.15, -0.1) is 0 Å². The van der Waals surface area contributed by atoms with Crippen molar-refractivity contribution >= 4 is 22.7 Å². The average Bonchev–Trinajstić information content (AvgIpc) is 3.92. The van der Waals surface area contributed by atoms with E-state index in [1.165, 1.54) is 152 Å². The van der Waals surface area contributed by atoms with Crippen LogP contribution in [0.2, 0.25) is 0 Å². The lowest BCUT2D eigenvalue weighted by atomic mass is 9.60. The van der Waals surface area contributed by atoms with Gasteiger partial charge in [-0.25, -0.2) is 0 Å². The summed E-state index contributed by atoms with van der Waals surface area (Å²) in [6.45, 7) is 19.9. The molecule has 2 heteroatoms. The lowest BCUT2D eigenvalue weighted by Gasteiger charge is -2.50. The number of nitrogens with zero attached hydrogens (tertiary/aromatic N) is 2. The smallest absolute Gasteiger partial charge is 0.0713 e. The van der Waals surface area contributed by atoms with Crippen LogP contribution in [0.4, 0.5) is 22.7 Å². The van der Waals surface area contributed by atoms with Crippen LogP contribution in [-0.4, -0.2) is 11.1 Å². The Morgan fingerprint density at radius 1 is 0.366 bits per heavy atom. The van der Waals surface area contributed by atoms with E-state index in [0.717, 1.165) is 0 Å². The van der Waals surface area contributed by atoms with E-state index < -0.39 is 5.41 Å². The number of benzene rings is 8. The van der Waals surface area contributed by atoms with Gasteiger partial charge < -0.3 is 9.80 Å². The van der Waals surface area contributed by atoms with E-state index in [9.17, 15) is 0 Å². The van der Waals surface area contributed by atoms with Crippen molar-refractivity contribution in [3.05, 3.63) is 225 Å². The highest BCUT2D eigenvalue weighted by Crippen LogP contribution is 2.66. The van der Waals surface area contributed by atoms with Crippen molar-refractivity contribution in [2.24, 2.45) is 0 Å². The number of fused-ring (bicyclic) bond motifs is 9. The average molecular weight is 925 g/mol. The second-order valence-electron chi connectivity index (χ2n) is 23.2. The SMILES string of the molecule is Cc1cc(-c2ccc3c(c2)C(c2ccccc2)(c2ccccc2)c2cc(-c4cc(C)c5c(c4C)C4(C)CCCCC4(C)N5c4ccccc4)ccc2-3)c(C)c2c1N(c1ccccc1)C1(C)CCCCC21C. The summed E-state index contributed by atoms with van der Waals surface area (Å²) in [6.07, 6.45) is 9.83. The summed E-state index contributed by atoms with van der Waals surface area (Å²) in [5.41, 5.74) is 26.9. The lowest BCUT2D eigenvalue weighted by molar-refractivity contribution is 0.194. The van der Waals surface area contributed by atoms with Crippen LogP contribution in [0.25, 0.3) is 33.4 Å². The number of hydrogen-bond acceptors (Lipinski definition) is 2. The third-order valence-corrected chi connectivity index (χ3v) is 19.8. The molecule has 4 atom stereocenters. The Hall–Kier alpha value is -6.64. The highest BCUT2D eigenvalue weighted by Gasteiger charge is 2.60. The normalized spacial score (nSPS) is 24.5. The first-order chi connectivity index (χ1) is 34.4. The van der Waals surface area contributed by atoms with Crippen molar-refractivity contribution in [2.45, 2.75) is 134 Å². The zero-order valence-corrected chi connectivity index (χ0v) is 43.2. The molecular weight excluding hydrogens is 857 g/mol. The van der Waals surface area contributed by atoms with Crippen LogP contribution in [0.1, 0.15) is 135 Å². The Labute approximate surface area is 423 Å². The molecule has 5 aliphatic rings. The van der Waals surface area contributed by atoms with Crippen LogP contribution >= 0.6 is 0 Å². The number of anilines is 4. The molecule has 2 heterocycles. The molecule has 0 bridgehead atoms. The second-order valence-corrected chi connectivity index (χ2v) is 23.2. The van der Waals surface area contributed by atoms with Gasteiger partial charge in [-0.05, 0) is 205 Å². The fourth-order valence-electron chi connectivity index (χ4n) is 16.1. The molecule has 71 heavy (non-hydrogen) atoms. The maximum absolute atomic E-state index is 2.75. The number of rotatable bonds is 6. The lowest BCUT2D eigenvalue weighted by Crippen LogP contribution is -2.54. The first-order valence-electron chi connectivity index (χ1n) is 26.8. The third kappa shape index (κ3) is 5.77. The summed E-state index contributed by atoms with van der Waals surface area (Å²) in [5.74, 6) is 0. The molecule has 0 saturated heterocycles. The summed E-state index contributed by atoms with van der Waals surface area (Å²) < 4.78 is 0. The fourth-order valence-corrected chi connectivity index (χ4v) is 16.1. The molecule has 2 fully saturated rings. The number of aryl methyl sites for hydroxylation is 2. The van der Waals surface area contributed by atoms with Crippen LogP contribution in [-0.2, 0) is 16.2 Å². The fraction of sp³-hybridized carbons (Fsp3) is 0.304. The predicted molar refractivity (Wildman–Crippen MR) is 299 cm³/mol. The molecule has 3 aliphatic carbocycles. The Balaban J connectivity index is 1.02. The molecule has 2 nitrogen and oxygen atoms in total. The predicted octanol–water partition coefficient (Wildman–Crippen LogP) is 18.1. The second kappa shape index (κ2) is 15.7. The molecule has 13 rings (SSSR count). The van der Waals surface area contributed by atoms with Gasteiger partial charge in [0.05, 0.1) is 16.5 Å². The first-order valence-corrected chi connectivity index (χ1v) is 26.8. The minimum Gasteiger partial charge on any atom is -0.334 e. The summed E-state index contributed by atoms with van der Waals surface area (Å²) >= 11 is 0. The first kappa shape index (κ1) is 44.3. The molecule has 0 N–H and O–H groups in total. The van der Waals surface area contributed by atoms with Crippen LogP contribution < -0.4 is 9.80 Å². The molecule has 2 saturated carbocycles. The van der Waals surface area contributed by atoms with Crippen molar-refractivity contribution in [3.63, 3.8) is 0 Å². The van der Waals surface area contributed by atoms with Crippen molar-refractivity contribution in [2.75, 3.05) is 9.80 Å². The van der Waals surface area contributed by atoms with Crippen molar-refractivity contribution < 1.29 is 0 Å². The molecule has 0 radical (unpaired) electrons. The zero-order valence-electron chi connectivity index (χ0n) is 43.2. The molecule has 0 spiro atoms. The monoisotopic (exact) mass is 925 g/mol. The summed E-state index contributed by atoms with van der Waals surface area (Å²) in [4.78, 5) is 5.50. The van der Waals surface area contributed by atoms with Crippen molar-refractivity contribution in [1.82, 2.24) is 0 Å². The quantitative estimate of drug-likeness (QED) is 0.164. The van der Waals surface area contributed by atoms with E-state index in [-0.39, 0.29) is 21.9 Å². The molecule has 4 unspecified atom stereocenters. The summed E-state index contributed by atoms with van der Waals surface area (Å²) in [5, 5.41) is 0. The van der Waals surface area contributed by atoms with Gasteiger partial charge in [0.1, 0.15) is 0 Å². The van der Waals surface area contributed by atoms with E-state index in [0.29, 0.717) is 0 Å². The highest BCUT2D eigenvalue weighted by atomic mass is 15.3. The minimum atomic E-state index is -0.547. The Bertz CT molecular complexity index is 3200. The summed E-state index contributed by atoms with van der Waals surface area (Å²) in [7, 11) is 0. The largest absolute Gasteiger partial charge is 0.334 e. The van der Waals surface area contributed by atoms with Gasteiger partial charge in [0.2, 0.25) is 0 Å². The number of hydrogen-bond donors (Lipinski definition) is 0. The highest BCUT2D eigenvalue weighted by molar-refractivity contribution is 5.93.